The zero-order chi connectivity index (χ0) is 10.9. The average Bonchev–Trinajstić information content (AvgIpc) is 2.58. The lowest BCUT2D eigenvalue weighted by molar-refractivity contribution is -0.00578. The number of halogens is 1. The first kappa shape index (κ1) is 15.3. The van der Waals surface area contributed by atoms with Crippen LogP contribution < -0.4 is 0 Å². The van der Waals surface area contributed by atoms with Gasteiger partial charge in [-0.3, -0.25) is 0 Å². The first-order chi connectivity index (χ1) is 6.22. The largest absolute Gasteiger partial charge is 0.379 e. The molecule has 2 atom stereocenters. The Bertz CT molecular complexity index is 98.9. The summed E-state index contributed by atoms with van der Waals surface area (Å²) in [7, 11) is 1.44. The first-order valence-corrected chi connectivity index (χ1v) is 5.18. The van der Waals surface area contributed by atoms with Gasteiger partial charge in [-0.15, -0.1) is 9.60 Å². The topological polar surface area (TPSA) is 12.5 Å². The number of nitrogens with zero attached hydrogens (tertiary/aromatic N) is 1. The Labute approximate surface area is 82.0 Å². The molecule has 2 unspecified atom stereocenters. The van der Waals surface area contributed by atoms with E-state index in [-0.39, 0.29) is 6.04 Å². The fraction of sp³-hybridized carbons (Fsp3) is 1.00. The van der Waals surface area contributed by atoms with E-state index in [0.29, 0.717) is 19.1 Å². The third-order valence-corrected chi connectivity index (χ3v) is 1.78. The van der Waals surface area contributed by atoms with Crippen molar-refractivity contribution in [1.29, 1.82) is 0 Å². The number of likely N-dealkylation sites (N-methyl/N-ethyl adjacent to an activating group) is 1. The molecular weight excluding hydrogens is 169 g/mol. The highest BCUT2D eigenvalue weighted by molar-refractivity contribution is 4.75. The molecule has 0 amide bonds. The molecule has 0 aromatic rings. The van der Waals surface area contributed by atoms with E-state index < -0.39 is 0 Å². The van der Waals surface area contributed by atoms with Crippen LogP contribution in [0.1, 0.15) is 34.6 Å². The van der Waals surface area contributed by atoms with Crippen LogP contribution in [0.2, 0.25) is 0 Å². The molecule has 0 aromatic carbocycles. The van der Waals surface area contributed by atoms with Crippen LogP contribution in [0.4, 0.5) is 4.48 Å². The van der Waals surface area contributed by atoms with Crippen LogP contribution in [0.3, 0.4) is 0 Å². The number of rotatable bonds is 1. The minimum absolute atomic E-state index is 0.0231. The van der Waals surface area contributed by atoms with Gasteiger partial charge < -0.3 is 4.74 Å². The number of ether oxygens (including phenoxy) is 1. The fourth-order valence-corrected chi connectivity index (χ4v) is 1.10. The minimum Gasteiger partial charge on any atom is -0.379 e. The molecule has 0 aromatic heterocycles. The van der Waals surface area contributed by atoms with Crippen LogP contribution in [-0.4, -0.2) is 31.4 Å². The molecule has 0 radical (unpaired) electrons. The second kappa shape index (κ2) is 9.93. The second-order valence-electron chi connectivity index (χ2n) is 2.61. The maximum Gasteiger partial charge on any atom is 0.0680 e. The van der Waals surface area contributed by atoms with Crippen molar-refractivity contribution in [3.05, 3.63) is 0 Å². The highest BCUT2D eigenvalue weighted by atomic mass is 19.2. The molecule has 0 aliphatic carbocycles. The van der Waals surface area contributed by atoms with Crippen molar-refractivity contribution < 1.29 is 9.22 Å². The van der Waals surface area contributed by atoms with Crippen LogP contribution in [0.25, 0.3) is 0 Å². The quantitative estimate of drug-likeness (QED) is 0.594. The van der Waals surface area contributed by atoms with E-state index in [0.717, 1.165) is 5.12 Å². The SMILES string of the molecule is CC.CC.CC1COCC1N(C)F. The lowest BCUT2D eigenvalue weighted by atomic mass is 10.1. The maximum absolute atomic E-state index is 12.4. The lowest BCUT2D eigenvalue weighted by Crippen LogP contribution is -2.29. The van der Waals surface area contributed by atoms with Crippen molar-refractivity contribution in [2.24, 2.45) is 5.92 Å². The molecule has 1 saturated heterocycles. The van der Waals surface area contributed by atoms with Crippen molar-refractivity contribution in [2.75, 3.05) is 20.3 Å². The van der Waals surface area contributed by atoms with Crippen LogP contribution in [-0.2, 0) is 4.74 Å². The van der Waals surface area contributed by atoms with Gasteiger partial charge >= 0.3 is 0 Å². The Balaban J connectivity index is 0. The summed E-state index contributed by atoms with van der Waals surface area (Å²) in [5.41, 5.74) is 0. The van der Waals surface area contributed by atoms with E-state index >= 15 is 0 Å². The van der Waals surface area contributed by atoms with Crippen molar-refractivity contribution >= 4 is 0 Å². The molecular formula is C10H24FNO. The standard InChI is InChI=1S/C6H12FNO.2C2H6/c1-5-3-9-4-6(5)8(2)7;2*1-2/h5-6H,3-4H2,1-2H3;2*1-2H3. The van der Waals surface area contributed by atoms with E-state index in [1.165, 1.54) is 7.05 Å². The highest BCUT2D eigenvalue weighted by Gasteiger charge is 2.27. The van der Waals surface area contributed by atoms with Gasteiger partial charge in [-0.25, -0.2) is 0 Å². The van der Waals surface area contributed by atoms with E-state index in [9.17, 15) is 4.48 Å². The van der Waals surface area contributed by atoms with E-state index in [1.54, 1.807) is 0 Å². The van der Waals surface area contributed by atoms with Gasteiger partial charge in [0.15, 0.2) is 0 Å². The third kappa shape index (κ3) is 5.99. The molecule has 82 valence electrons. The molecule has 1 rings (SSSR count). The van der Waals surface area contributed by atoms with Gasteiger partial charge in [-0.1, -0.05) is 34.6 Å². The second-order valence-corrected chi connectivity index (χ2v) is 2.61. The van der Waals surface area contributed by atoms with Gasteiger partial charge in [0.25, 0.3) is 0 Å². The Kier molecular flexibility index (Phi) is 11.7. The minimum atomic E-state index is -0.0231. The molecule has 3 heteroatoms. The average molecular weight is 193 g/mol. The Hall–Kier alpha value is -0.150. The van der Waals surface area contributed by atoms with Crippen LogP contribution >= 0.6 is 0 Å². The predicted octanol–water partition coefficient (Wildman–Crippen LogP) is 2.89. The van der Waals surface area contributed by atoms with Gasteiger partial charge in [-0.2, -0.15) is 0 Å². The Morgan fingerprint density at radius 2 is 1.62 bits per heavy atom. The fourth-order valence-electron chi connectivity index (χ4n) is 1.10. The molecule has 0 N–H and O–H groups in total. The molecule has 0 spiro atoms. The van der Waals surface area contributed by atoms with Crippen LogP contribution in [0.5, 0.6) is 0 Å². The van der Waals surface area contributed by atoms with Crippen molar-refractivity contribution in [3.8, 4) is 0 Å². The summed E-state index contributed by atoms with van der Waals surface area (Å²) < 4.78 is 17.5. The van der Waals surface area contributed by atoms with Crippen molar-refractivity contribution in [2.45, 2.75) is 40.7 Å². The molecule has 1 aliphatic rings. The lowest BCUT2D eigenvalue weighted by Gasteiger charge is -2.15. The molecule has 1 heterocycles. The molecule has 0 bridgehead atoms. The summed E-state index contributed by atoms with van der Waals surface area (Å²) >= 11 is 0. The summed E-state index contributed by atoms with van der Waals surface area (Å²) in [4.78, 5) is 0. The Morgan fingerprint density at radius 3 is 1.77 bits per heavy atom. The molecule has 0 saturated carbocycles. The molecule has 1 fully saturated rings. The monoisotopic (exact) mass is 193 g/mol. The van der Waals surface area contributed by atoms with Crippen LogP contribution in [0.15, 0.2) is 0 Å². The summed E-state index contributed by atoms with van der Waals surface area (Å²) in [6.45, 7) is 11.2. The third-order valence-electron chi connectivity index (χ3n) is 1.78. The molecule has 13 heavy (non-hydrogen) atoms. The van der Waals surface area contributed by atoms with Crippen molar-refractivity contribution in [1.82, 2.24) is 5.12 Å². The van der Waals surface area contributed by atoms with Crippen LogP contribution in [0, 0.1) is 5.92 Å². The zero-order valence-electron chi connectivity index (χ0n) is 9.80. The summed E-state index contributed by atoms with van der Waals surface area (Å²) in [6.07, 6.45) is 0. The number of hydrogen-bond donors (Lipinski definition) is 0. The van der Waals surface area contributed by atoms with Gasteiger partial charge in [-0.05, 0) is 5.92 Å². The van der Waals surface area contributed by atoms with Gasteiger partial charge in [0.2, 0.25) is 0 Å². The summed E-state index contributed by atoms with van der Waals surface area (Å²) in [6, 6.07) is -0.0231. The summed E-state index contributed by atoms with van der Waals surface area (Å²) in [5.74, 6) is 0.333. The normalized spacial score (nSPS) is 25.8. The first-order valence-electron chi connectivity index (χ1n) is 5.18. The molecule has 2 nitrogen and oxygen atoms in total. The van der Waals surface area contributed by atoms with Gasteiger partial charge in [0, 0.05) is 7.05 Å². The van der Waals surface area contributed by atoms with Crippen molar-refractivity contribution in [3.63, 3.8) is 0 Å². The smallest absolute Gasteiger partial charge is 0.0680 e. The van der Waals surface area contributed by atoms with Gasteiger partial charge in [0.05, 0.1) is 19.3 Å². The maximum atomic E-state index is 12.4. The Morgan fingerprint density at radius 1 is 1.15 bits per heavy atom. The number of hydrogen-bond acceptors (Lipinski definition) is 2. The van der Waals surface area contributed by atoms with Gasteiger partial charge in [0.1, 0.15) is 0 Å². The van der Waals surface area contributed by atoms with E-state index in [1.807, 2.05) is 34.6 Å². The van der Waals surface area contributed by atoms with E-state index in [4.69, 9.17) is 4.74 Å². The predicted molar refractivity (Wildman–Crippen MR) is 55.3 cm³/mol. The molecule has 1 aliphatic heterocycles. The zero-order valence-corrected chi connectivity index (χ0v) is 9.80. The summed E-state index contributed by atoms with van der Waals surface area (Å²) in [5, 5.41) is 0.734. The van der Waals surface area contributed by atoms with E-state index in [2.05, 4.69) is 0 Å². The highest BCUT2D eigenvalue weighted by Crippen LogP contribution is 2.17.